The molecular weight excluding hydrogens is 626 g/mol. The monoisotopic (exact) mass is 689 g/mol. The molecule has 6 aliphatic rings. The van der Waals surface area contributed by atoms with Crippen LogP contribution in [0.2, 0.25) is 0 Å². The molecule has 9 heteroatoms. The molecule has 6 rings (SSSR count). The van der Waals surface area contributed by atoms with E-state index in [1.165, 1.54) is 0 Å². The van der Waals surface area contributed by atoms with Crippen LogP contribution in [0.15, 0.2) is 0 Å². The molecule has 8 nitrogen and oxygen atoms in total. The number of ketones is 1. The van der Waals surface area contributed by atoms with Crippen LogP contribution >= 0.6 is 0 Å². The van der Waals surface area contributed by atoms with Crippen molar-refractivity contribution in [2.45, 2.75) is 151 Å². The van der Waals surface area contributed by atoms with Crippen molar-refractivity contribution in [1.29, 1.82) is 0 Å². The van der Waals surface area contributed by atoms with Crippen LogP contribution in [0.1, 0.15) is 138 Å². The molecule has 1 amide bonds. The molecule has 13 atom stereocenters. The summed E-state index contributed by atoms with van der Waals surface area (Å²) in [5.41, 5.74) is -1.02. The van der Waals surface area contributed by atoms with E-state index >= 15 is 0 Å². The minimum absolute atomic E-state index is 0.0387. The lowest BCUT2D eigenvalue weighted by molar-refractivity contribution is -0.184. The first-order chi connectivity index (χ1) is 22.4. The number of nitrogens with one attached hydrogen (secondary N) is 1. The number of fused-ring (bicyclic) bond motifs is 7. The van der Waals surface area contributed by atoms with Gasteiger partial charge in [0.15, 0.2) is 0 Å². The fourth-order valence-corrected chi connectivity index (χ4v) is 14.8. The highest BCUT2D eigenvalue weighted by atomic mass is 32.2. The van der Waals surface area contributed by atoms with E-state index in [1.54, 1.807) is 0 Å². The lowest BCUT2D eigenvalue weighted by Gasteiger charge is -2.62. The number of ether oxygens (including phenoxy) is 1. The van der Waals surface area contributed by atoms with Gasteiger partial charge in [-0.05, 0) is 135 Å². The van der Waals surface area contributed by atoms with Crippen LogP contribution in [0.5, 0.6) is 0 Å². The Morgan fingerprint density at radius 3 is 2.27 bits per heavy atom. The second-order valence-electron chi connectivity index (χ2n) is 18.6. The first-order valence-electron chi connectivity index (χ1n) is 19.3. The van der Waals surface area contributed by atoms with E-state index in [0.29, 0.717) is 42.9 Å². The van der Waals surface area contributed by atoms with E-state index in [0.717, 1.165) is 64.2 Å². The molecule has 2 N–H and O–H groups in total. The number of sulfonamides is 1. The molecular formula is C39H63NO7S. The standard InChI is InChI=1S/C39H63NO7S/c1-8-23(2)35(44)47-27-14-16-37(6)26(19-27)20-31(41)34-29-11-10-28(38(29,7)17-15-30(34)37)24(3)9-12-33(43)40-48(45,46)22-39-18-13-25(21-32(39)42)36(39,4)5/h23-31,34,41H,8-22H2,1-7H3,(H,40,43)/t23?,24?,25?,26?,27-,28?,29?,30?,31+,34?,37-,38+,39?/m0/s1. The minimum atomic E-state index is -3.93. The van der Waals surface area contributed by atoms with Crippen molar-refractivity contribution < 1.29 is 32.6 Å². The van der Waals surface area contributed by atoms with E-state index in [1.807, 2.05) is 27.7 Å². The number of amides is 1. The van der Waals surface area contributed by atoms with Gasteiger partial charge in [0.2, 0.25) is 15.9 Å². The number of carbonyl (C=O) groups is 3. The van der Waals surface area contributed by atoms with Crippen molar-refractivity contribution in [3.8, 4) is 0 Å². The van der Waals surface area contributed by atoms with Crippen molar-refractivity contribution >= 4 is 27.7 Å². The molecule has 0 aromatic rings. The first kappa shape index (κ1) is 36.3. The molecule has 0 aromatic carbocycles. The van der Waals surface area contributed by atoms with Crippen LogP contribution < -0.4 is 4.72 Å². The second kappa shape index (κ2) is 12.6. The molecule has 48 heavy (non-hydrogen) atoms. The maximum Gasteiger partial charge on any atom is 0.308 e. The highest BCUT2D eigenvalue weighted by Crippen LogP contribution is 2.69. The molecule has 0 spiro atoms. The molecule has 0 radical (unpaired) electrons. The Morgan fingerprint density at radius 1 is 0.938 bits per heavy atom. The lowest BCUT2D eigenvalue weighted by atomic mass is 9.43. The average molecular weight is 690 g/mol. The van der Waals surface area contributed by atoms with Crippen molar-refractivity contribution in [1.82, 2.24) is 4.72 Å². The van der Waals surface area contributed by atoms with Crippen LogP contribution in [-0.2, 0) is 29.1 Å². The molecule has 6 fully saturated rings. The lowest BCUT2D eigenvalue weighted by Crippen LogP contribution is -2.58. The molecule has 0 aliphatic heterocycles. The van der Waals surface area contributed by atoms with Crippen LogP contribution in [-0.4, -0.2) is 49.1 Å². The Morgan fingerprint density at radius 2 is 1.62 bits per heavy atom. The summed E-state index contributed by atoms with van der Waals surface area (Å²) in [5.74, 6) is 1.56. The maximum absolute atomic E-state index is 13.2. The van der Waals surface area contributed by atoms with Gasteiger partial charge in [0.05, 0.1) is 23.2 Å². The van der Waals surface area contributed by atoms with Gasteiger partial charge in [0.1, 0.15) is 11.9 Å². The summed E-state index contributed by atoms with van der Waals surface area (Å²) < 4.78 is 34.7. The van der Waals surface area contributed by atoms with Gasteiger partial charge in [0, 0.05) is 12.8 Å². The summed E-state index contributed by atoms with van der Waals surface area (Å²) in [5, 5.41) is 11.8. The summed E-state index contributed by atoms with van der Waals surface area (Å²) in [6.45, 7) is 15.1. The predicted octanol–water partition coefficient (Wildman–Crippen LogP) is 6.83. The topological polar surface area (TPSA) is 127 Å². The van der Waals surface area contributed by atoms with Crippen LogP contribution in [0.4, 0.5) is 0 Å². The van der Waals surface area contributed by atoms with Gasteiger partial charge in [-0.1, -0.05) is 48.5 Å². The largest absolute Gasteiger partial charge is 0.462 e. The molecule has 0 heterocycles. The number of rotatable bonds is 10. The smallest absolute Gasteiger partial charge is 0.308 e. The van der Waals surface area contributed by atoms with Crippen LogP contribution in [0.25, 0.3) is 0 Å². The number of aliphatic hydroxyl groups is 1. The Kier molecular flexibility index (Phi) is 9.56. The summed E-state index contributed by atoms with van der Waals surface area (Å²) in [7, 11) is -3.93. The van der Waals surface area contributed by atoms with Gasteiger partial charge < -0.3 is 9.84 Å². The van der Waals surface area contributed by atoms with E-state index in [2.05, 4.69) is 25.5 Å². The highest BCUT2D eigenvalue weighted by molar-refractivity contribution is 7.90. The number of Topliss-reactive ketones (excluding diaryl/α,β-unsaturated/α-hetero) is 1. The van der Waals surface area contributed by atoms with Crippen molar-refractivity contribution in [2.75, 3.05) is 5.75 Å². The summed E-state index contributed by atoms with van der Waals surface area (Å²) in [6, 6.07) is 0. The van der Waals surface area contributed by atoms with Gasteiger partial charge in [-0.2, -0.15) is 0 Å². The predicted molar refractivity (Wildman–Crippen MR) is 185 cm³/mol. The highest BCUT2D eigenvalue weighted by Gasteiger charge is 2.66. The quantitative estimate of drug-likeness (QED) is 0.241. The zero-order chi connectivity index (χ0) is 35.0. The second-order valence-corrected chi connectivity index (χ2v) is 20.4. The van der Waals surface area contributed by atoms with Crippen molar-refractivity contribution in [2.24, 2.45) is 69.0 Å². The molecule has 9 unspecified atom stereocenters. The Balaban J connectivity index is 1.05. The number of carbonyl (C=O) groups excluding carboxylic acids is 3. The van der Waals surface area contributed by atoms with Gasteiger partial charge in [-0.3, -0.25) is 19.1 Å². The molecule has 6 aliphatic carbocycles. The van der Waals surface area contributed by atoms with E-state index in [9.17, 15) is 27.9 Å². The summed E-state index contributed by atoms with van der Waals surface area (Å²) in [6.07, 6.45) is 11.0. The van der Waals surface area contributed by atoms with Gasteiger partial charge in [0.25, 0.3) is 0 Å². The molecule has 2 bridgehead atoms. The van der Waals surface area contributed by atoms with Gasteiger partial charge in [-0.15, -0.1) is 0 Å². The minimum Gasteiger partial charge on any atom is -0.462 e. The van der Waals surface area contributed by atoms with E-state index in [-0.39, 0.29) is 76.1 Å². The number of aliphatic hydroxyl groups excluding tert-OH is 1. The van der Waals surface area contributed by atoms with Crippen molar-refractivity contribution in [3.63, 3.8) is 0 Å². The zero-order valence-corrected chi connectivity index (χ0v) is 31.5. The Hall–Kier alpha value is -1.48. The SMILES string of the molecule is CCC(C)C(=O)O[C@H]1CC[C@@]2(C)C(C1)C[C@@H](O)C1C3CCC(C(C)CCC(=O)NS(=O)(=O)CC45CCC(CC4=O)C5(C)C)[C@@]3(C)CCC12. The molecule has 272 valence electrons. The summed E-state index contributed by atoms with van der Waals surface area (Å²) >= 11 is 0. The zero-order valence-electron chi connectivity index (χ0n) is 30.7. The third kappa shape index (κ3) is 5.81. The van der Waals surface area contributed by atoms with Crippen LogP contribution in [0, 0.1) is 69.0 Å². The average Bonchev–Trinajstić information content (AvgIpc) is 3.55. The number of esters is 1. The normalized spacial score (nSPS) is 44.3. The van der Waals surface area contributed by atoms with Gasteiger partial charge in [-0.25, -0.2) is 8.42 Å². The molecule has 6 saturated carbocycles. The third-order valence-corrected chi connectivity index (χ3v) is 17.8. The number of hydrogen-bond donors (Lipinski definition) is 2. The first-order valence-corrected chi connectivity index (χ1v) is 21.0. The Labute approximate surface area is 289 Å². The van der Waals surface area contributed by atoms with E-state index < -0.39 is 21.3 Å². The molecule has 0 saturated heterocycles. The summed E-state index contributed by atoms with van der Waals surface area (Å²) in [4.78, 5) is 38.5. The van der Waals surface area contributed by atoms with E-state index in [4.69, 9.17) is 4.74 Å². The fourth-order valence-electron chi connectivity index (χ4n) is 13.0. The number of hydrogen-bond acceptors (Lipinski definition) is 7. The van der Waals surface area contributed by atoms with Crippen molar-refractivity contribution in [3.05, 3.63) is 0 Å². The maximum atomic E-state index is 13.2. The molecule has 0 aromatic heterocycles. The van der Waals surface area contributed by atoms with Crippen LogP contribution in [0.3, 0.4) is 0 Å². The van der Waals surface area contributed by atoms with Gasteiger partial charge >= 0.3 is 5.97 Å². The third-order valence-electron chi connectivity index (χ3n) is 16.4. The fraction of sp³-hybridized carbons (Fsp3) is 0.923. The Bertz CT molecular complexity index is 1390.